The molecule has 2 aliphatic rings. The normalized spacial score (nSPS) is 24.1. The van der Waals surface area contributed by atoms with Gasteiger partial charge in [0.2, 0.25) is 0 Å². The number of rotatable bonds is 4. The minimum absolute atomic E-state index is 0.00980. The second kappa shape index (κ2) is 7.90. The molecule has 0 bridgehead atoms. The number of benzene rings is 1. The number of alkyl halides is 3. The lowest BCUT2D eigenvalue weighted by Gasteiger charge is -2.36. The standard InChI is InChI=1S/C18H24F3N3O3S/c1-13(17(25)22-15-5-10-28(26,27)12-15)23-6-8-24(9-7-23)16-4-2-3-14(11-16)18(19,20)21/h2-4,11,13,15H,5-10,12H2,1H3,(H,22,25)/p+1/t13-,15-/m1/s1. The van der Waals surface area contributed by atoms with Gasteiger partial charge in [0, 0.05) is 11.7 Å². The van der Waals surface area contributed by atoms with Gasteiger partial charge in [-0.3, -0.25) is 4.79 Å². The first-order valence-corrected chi connectivity index (χ1v) is 11.1. The molecule has 0 saturated carbocycles. The predicted octanol–water partition coefficient (Wildman–Crippen LogP) is 0.102. The zero-order chi connectivity index (χ0) is 20.5. The summed E-state index contributed by atoms with van der Waals surface area (Å²) in [5.74, 6) is -0.0801. The lowest BCUT2D eigenvalue weighted by atomic mass is 10.1. The molecule has 0 spiro atoms. The van der Waals surface area contributed by atoms with E-state index in [1.54, 1.807) is 13.0 Å². The monoisotopic (exact) mass is 420 g/mol. The van der Waals surface area contributed by atoms with Gasteiger partial charge >= 0.3 is 6.18 Å². The number of piperazine rings is 1. The van der Waals surface area contributed by atoms with Crippen molar-refractivity contribution in [1.82, 2.24) is 5.32 Å². The number of hydrogen-bond donors (Lipinski definition) is 2. The Bertz CT molecular complexity index is 821. The summed E-state index contributed by atoms with van der Waals surface area (Å²) in [5.41, 5.74) is -0.138. The Balaban J connectivity index is 1.54. The number of amides is 1. The quantitative estimate of drug-likeness (QED) is 0.725. The van der Waals surface area contributed by atoms with Crippen LogP contribution in [0.1, 0.15) is 18.9 Å². The number of quaternary nitrogens is 1. The maximum absolute atomic E-state index is 12.9. The first-order valence-electron chi connectivity index (χ1n) is 9.33. The Labute approximate surface area is 162 Å². The van der Waals surface area contributed by atoms with Crippen molar-refractivity contribution in [3.05, 3.63) is 29.8 Å². The van der Waals surface area contributed by atoms with Gasteiger partial charge in [-0.15, -0.1) is 0 Å². The van der Waals surface area contributed by atoms with Crippen LogP contribution in [0.25, 0.3) is 0 Å². The van der Waals surface area contributed by atoms with Crippen LogP contribution >= 0.6 is 0 Å². The van der Waals surface area contributed by atoms with Gasteiger partial charge < -0.3 is 15.1 Å². The molecule has 2 heterocycles. The van der Waals surface area contributed by atoms with Crippen molar-refractivity contribution in [1.29, 1.82) is 0 Å². The Morgan fingerprint density at radius 1 is 1.29 bits per heavy atom. The van der Waals surface area contributed by atoms with Crippen LogP contribution in [0, 0.1) is 0 Å². The molecule has 1 aromatic carbocycles. The fourth-order valence-corrected chi connectivity index (χ4v) is 5.46. The molecule has 10 heteroatoms. The van der Waals surface area contributed by atoms with Crippen molar-refractivity contribution in [2.45, 2.75) is 31.6 Å². The maximum atomic E-state index is 12.9. The Morgan fingerprint density at radius 2 is 1.96 bits per heavy atom. The van der Waals surface area contributed by atoms with Crippen LogP contribution in [0.2, 0.25) is 0 Å². The Morgan fingerprint density at radius 3 is 2.54 bits per heavy atom. The molecule has 3 rings (SSSR count). The lowest BCUT2D eigenvalue weighted by molar-refractivity contribution is -0.914. The van der Waals surface area contributed by atoms with Crippen molar-refractivity contribution in [2.75, 3.05) is 42.6 Å². The molecule has 0 unspecified atom stereocenters. The molecule has 1 aromatic rings. The van der Waals surface area contributed by atoms with E-state index in [0.717, 1.165) is 17.0 Å². The molecule has 6 nitrogen and oxygen atoms in total. The van der Waals surface area contributed by atoms with E-state index in [0.29, 0.717) is 38.3 Å². The van der Waals surface area contributed by atoms with Crippen LogP contribution in [0.4, 0.5) is 18.9 Å². The molecular weight excluding hydrogens is 395 g/mol. The fourth-order valence-electron chi connectivity index (χ4n) is 3.78. The van der Waals surface area contributed by atoms with Gasteiger partial charge in [-0.1, -0.05) is 6.07 Å². The molecule has 2 fully saturated rings. The van der Waals surface area contributed by atoms with E-state index < -0.39 is 21.6 Å². The molecule has 0 aliphatic carbocycles. The third kappa shape index (κ3) is 4.96. The number of carbonyl (C=O) groups excluding carboxylic acids is 1. The number of halogens is 3. The highest BCUT2D eigenvalue weighted by atomic mass is 32.2. The second-order valence-corrected chi connectivity index (χ2v) is 9.75. The molecule has 28 heavy (non-hydrogen) atoms. The first kappa shape index (κ1) is 20.9. The number of nitrogens with zero attached hydrogens (tertiary/aromatic N) is 1. The Hall–Kier alpha value is -1.81. The summed E-state index contributed by atoms with van der Waals surface area (Å²) in [4.78, 5) is 15.4. The van der Waals surface area contributed by atoms with Gasteiger partial charge in [0.25, 0.3) is 5.91 Å². The van der Waals surface area contributed by atoms with Gasteiger partial charge in [0.15, 0.2) is 15.9 Å². The van der Waals surface area contributed by atoms with Crippen LogP contribution in [-0.2, 0) is 20.8 Å². The highest BCUT2D eigenvalue weighted by Crippen LogP contribution is 2.31. The minimum atomic E-state index is -4.37. The molecule has 2 N–H and O–H groups in total. The summed E-state index contributed by atoms with van der Waals surface area (Å²) in [7, 11) is -3.05. The molecule has 2 aliphatic heterocycles. The van der Waals surface area contributed by atoms with E-state index in [2.05, 4.69) is 5.32 Å². The van der Waals surface area contributed by atoms with E-state index in [1.807, 2.05) is 4.90 Å². The molecule has 2 atom stereocenters. The van der Waals surface area contributed by atoms with Gasteiger partial charge in [-0.2, -0.15) is 13.2 Å². The van der Waals surface area contributed by atoms with Gasteiger partial charge in [-0.05, 0) is 31.5 Å². The van der Waals surface area contributed by atoms with Crippen molar-refractivity contribution >= 4 is 21.4 Å². The summed E-state index contributed by atoms with van der Waals surface area (Å²) in [6, 6.07) is 4.61. The van der Waals surface area contributed by atoms with E-state index in [9.17, 15) is 26.4 Å². The zero-order valence-electron chi connectivity index (χ0n) is 15.6. The molecule has 0 aromatic heterocycles. The zero-order valence-corrected chi connectivity index (χ0v) is 16.4. The highest BCUT2D eigenvalue weighted by molar-refractivity contribution is 7.91. The average molecular weight is 420 g/mol. The minimum Gasteiger partial charge on any atom is -0.360 e. The largest absolute Gasteiger partial charge is 0.416 e. The summed E-state index contributed by atoms with van der Waals surface area (Å²) >= 11 is 0. The maximum Gasteiger partial charge on any atom is 0.416 e. The summed E-state index contributed by atoms with van der Waals surface area (Å²) in [5, 5.41) is 2.82. The van der Waals surface area contributed by atoms with Crippen molar-refractivity contribution in [2.24, 2.45) is 0 Å². The van der Waals surface area contributed by atoms with Crippen molar-refractivity contribution < 1.29 is 31.3 Å². The van der Waals surface area contributed by atoms with Crippen LogP contribution in [0.15, 0.2) is 24.3 Å². The van der Waals surface area contributed by atoms with Crippen molar-refractivity contribution in [3.63, 3.8) is 0 Å². The molecule has 156 valence electrons. The van der Waals surface area contributed by atoms with E-state index in [-0.39, 0.29) is 29.5 Å². The molecule has 0 radical (unpaired) electrons. The smallest absolute Gasteiger partial charge is 0.360 e. The van der Waals surface area contributed by atoms with Crippen LogP contribution in [0.3, 0.4) is 0 Å². The molecular formula is C18H25F3N3O3S+. The number of carbonyl (C=O) groups is 1. The summed E-state index contributed by atoms with van der Waals surface area (Å²) in [6.07, 6.45) is -3.93. The number of anilines is 1. The average Bonchev–Trinajstić information content (AvgIpc) is 2.99. The molecule has 1 amide bonds. The van der Waals surface area contributed by atoms with Gasteiger partial charge in [0.1, 0.15) is 0 Å². The van der Waals surface area contributed by atoms with E-state index in [4.69, 9.17) is 0 Å². The summed E-state index contributed by atoms with van der Waals surface area (Å²) < 4.78 is 61.7. The third-order valence-electron chi connectivity index (χ3n) is 5.53. The van der Waals surface area contributed by atoms with E-state index in [1.165, 1.54) is 6.07 Å². The number of hydrogen-bond acceptors (Lipinski definition) is 4. The van der Waals surface area contributed by atoms with Crippen LogP contribution in [-0.4, -0.2) is 64.1 Å². The SMILES string of the molecule is C[C@H](C(=O)N[C@@H]1CCS(=O)(=O)C1)[NH+]1CCN(c2cccc(C(F)(F)F)c2)CC1. The van der Waals surface area contributed by atoms with Crippen LogP contribution < -0.4 is 15.1 Å². The first-order chi connectivity index (χ1) is 13.0. The highest BCUT2D eigenvalue weighted by Gasteiger charge is 2.35. The number of sulfone groups is 1. The second-order valence-electron chi connectivity index (χ2n) is 7.52. The number of nitrogens with one attached hydrogen (secondary N) is 2. The predicted molar refractivity (Wildman–Crippen MR) is 99.0 cm³/mol. The van der Waals surface area contributed by atoms with Crippen LogP contribution in [0.5, 0.6) is 0 Å². The van der Waals surface area contributed by atoms with Gasteiger partial charge in [0.05, 0.1) is 43.2 Å². The van der Waals surface area contributed by atoms with Crippen molar-refractivity contribution in [3.8, 4) is 0 Å². The molecule has 2 saturated heterocycles. The lowest BCUT2D eigenvalue weighted by Crippen LogP contribution is -3.19. The Kier molecular flexibility index (Phi) is 5.90. The topological polar surface area (TPSA) is 70.9 Å². The fraction of sp³-hybridized carbons (Fsp3) is 0.611. The van der Waals surface area contributed by atoms with Gasteiger partial charge in [-0.25, -0.2) is 8.42 Å². The third-order valence-corrected chi connectivity index (χ3v) is 7.30. The van der Waals surface area contributed by atoms with E-state index >= 15 is 0 Å². The summed E-state index contributed by atoms with van der Waals surface area (Å²) in [6.45, 7) is 4.13.